The fraction of sp³-hybridized carbons (Fsp3) is 0.407. The van der Waals surface area contributed by atoms with Crippen molar-refractivity contribution in [2.24, 2.45) is 4.99 Å². The highest BCUT2D eigenvalue weighted by atomic mass is 19.1. The van der Waals surface area contributed by atoms with Crippen LogP contribution in [-0.4, -0.2) is 52.9 Å². The van der Waals surface area contributed by atoms with E-state index in [4.69, 9.17) is 19.0 Å². The van der Waals surface area contributed by atoms with E-state index in [9.17, 15) is 9.18 Å². The smallest absolute Gasteiger partial charge is 0.291 e. The van der Waals surface area contributed by atoms with Gasteiger partial charge in [0, 0.05) is 57.1 Å². The highest BCUT2D eigenvalue weighted by Gasteiger charge is 2.10. The number of aliphatic imine (C=N–C) groups is 1. The number of ether oxygens (including phenoxy) is 3. The molecule has 2 aromatic rings. The predicted octanol–water partition coefficient (Wildman–Crippen LogP) is 3.95. The molecule has 0 unspecified atom stereocenters. The lowest BCUT2D eigenvalue weighted by atomic mass is 10.1. The van der Waals surface area contributed by atoms with Gasteiger partial charge in [0.1, 0.15) is 18.2 Å². The van der Waals surface area contributed by atoms with Crippen LogP contribution in [0.3, 0.4) is 0 Å². The number of amidine groups is 1. The molecule has 3 rings (SSSR count). The second-order valence-electron chi connectivity index (χ2n) is 8.42. The SMILES string of the molecule is CNC(=O)CCCN=C(OC)N(C)c1ccc(COc2cc(F)cc(ONC=C3CCOCC3)c2)cc1. The monoisotopic (exact) mass is 514 g/mol. The van der Waals surface area contributed by atoms with Crippen LogP contribution in [0.4, 0.5) is 10.1 Å². The van der Waals surface area contributed by atoms with Gasteiger partial charge in [-0.25, -0.2) is 14.9 Å². The molecule has 37 heavy (non-hydrogen) atoms. The molecule has 0 atom stereocenters. The molecule has 9 nitrogen and oxygen atoms in total. The molecule has 10 heteroatoms. The van der Waals surface area contributed by atoms with Crippen LogP contribution in [0.15, 0.2) is 59.2 Å². The number of anilines is 1. The third-order valence-corrected chi connectivity index (χ3v) is 5.71. The summed E-state index contributed by atoms with van der Waals surface area (Å²) >= 11 is 0. The summed E-state index contributed by atoms with van der Waals surface area (Å²) < 4.78 is 30.6. The molecule has 2 aromatic carbocycles. The van der Waals surface area contributed by atoms with Crippen molar-refractivity contribution in [1.82, 2.24) is 10.8 Å². The Morgan fingerprint density at radius 1 is 1.16 bits per heavy atom. The van der Waals surface area contributed by atoms with Crippen molar-refractivity contribution in [3.8, 4) is 11.5 Å². The number of rotatable bonds is 11. The molecule has 0 spiro atoms. The Morgan fingerprint density at radius 3 is 2.59 bits per heavy atom. The zero-order chi connectivity index (χ0) is 26.5. The van der Waals surface area contributed by atoms with Gasteiger partial charge in [0.05, 0.1) is 20.3 Å². The summed E-state index contributed by atoms with van der Waals surface area (Å²) in [4.78, 5) is 23.1. The average molecular weight is 515 g/mol. The molecule has 2 N–H and O–H groups in total. The number of nitrogens with one attached hydrogen (secondary N) is 2. The van der Waals surface area contributed by atoms with Crippen molar-refractivity contribution in [3.05, 3.63) is 65.6 Å². The summed E-state index contributed by atoms with van der Waals surface area (Å²) in [7, 11) is 5.03. The van der Waals surface area contributed by atoms with Gasteiger partial charge in [-0.1, -0.05) is 12.1 Å². The van der Waals surface area contributed by atoms with Crippen molar-refractivity contribution in [2.75, 3.05) is 45.9 Å². The van der Waals surface area contributed by atoms with E-state index in [-0.39, 0.29) is 12.5 Å². The molecule has 1 aliphatic heterocycles. The van der Waals surface area contributed by atoms with E-state index in [0.717, 1.165) is 24.1 Å². The van der Waals surface area contributed by atoms with E-state index in [1.807, 2.05) is 36.2 Å². The lowest BCUT2D eigenvalue weighted by Gasteiger charge is -2.20. The lowest BCUT2D eigenvalue weighted by Crippen LogP contribution is -2.28. The van der Waals surface area contributed by atoms with Gasteiger partial charge >= 0.3 is 0 Å². The van der Waals surface area contributed by atoms with Gasteiger partial charge in [-0.05, 0) is 42.5 Å². The van der Waals surface area contributed by atoms with Crippen LogP contribution in [0.2, 0.25) is 0 Å². The molecule has 1 fully saturated rings. The Kier molecular flexibility index (Phi) is 11.0. The van der Waals surface area contributed by atoms with Gasteiger partial charge in [0.25, 0.3) is 6.02 Å². The number of amides is 1. The molecule has 0 aliphatic carbocycles. The minimum atomic E-state index is -0.452. The molecule has 0 aromatic heterocycles. The first-order valence-corrected chi connectivity index (χ1v) is 12.2. The number of benzene rings is 2. The Bertz CT molecular complexity index is 1070. The van der Waals surface area contributed by atoms with Crippen molar-refractivity contribution >= 4 is 17.6 Å². The van der Waals surface area contributed by atoms with E-state index >= 15 is 0 Å². The highest BCUT2D eigenvalue weighted by Crippen LogP contribution is 2.23. The van der Waals surface area contributed by atoms with Crippen molar-refractivity contribution in [2.45, 2.75) is 32.3 Å². The zero-order valence-corrected chi connectivity index (χ0v) is 21.6. The second kappa shape index (κ2) is 14.7. The predicted molar refractivity (Wildman–Crippen MR) is 140 cm³/mol. The van der Waals surface area contributed by atoms with Crippen LogP contribution < -0.4 is 25.3 Å². The Labute approximate surface area is 217 Å². The maximum absolute atomic E-state index is 14.1. The topological polar surface area (TPSA) is 93.7 Å². The summed E-state index contributed by atoms with van der Waals surface area (Å²) in [6.07, 6.45) is 4.53. The molecular formula is C27H35FN4O5. The van der Waals surface area contributed by atoms with E-state index in [1.54, 1.807) is 26.4 Å². The first kappa shape index (κ1) is 27.8. The van der Waals surface area contributed by atoms with E-state index < -0.39 is 5.82 Å². The first-order valence-electron chi connectivity index (χ1n) is 12.2. The maximum Gasteiger partial charge on any atom is 0.291 e. The quantitative estimate of drug-likeness (QED) is 0.203. The Balaban J connectivity index is 1.52. The Hall–Kier alpha value is -3.79. The average Bonchev–Trinajstić information content (AvgIpc) is 2.92. The summed E-state index contributed by atoms with van der Waals surface area (Å²) in [5.41, 5.74) is 5.75. The van der Waals surface area contributed by atoms with Gasteiger partial charge in [-0.15, -0.1) is 0 Å². The van der Waals surface area contributed by atoms with Crippen molar-refractivity contribution < 1.29 is 28.2 Å². The van der Waals surface area contributed by atoms with Crippen LogP contribution in [0.5, 0.6) is 11.5 Å². The largest absolute Gasteiger partial charge is 0.489 e. The number of halogens is 1. The van der Waals surface area contributed by atoms with Crippen LogP contribution in [0.25, 0.3) is 0 Å². The van der Waals surface area contributed by atoms with Gasteiger partial charge in [0.15, 0.2) is 5.75 Å². The molecule has 1 aliphatic rings. The van der Waals surface area contributed by atoms with E-state index in [2.05, 4.69) is 15.8 Å². The summed E-state index contributed by atoms with van der Waals surface area (Å²) in [5.74, 6) is 0.216. The molecule has 1 amide bonds. The van der Waals surface area contributed by atoms with Crippen LogP contribution in [0.1, 0.15) is 31.2 Å². The molecule has 1 saturated heterocycles. The number of hydrogen-bond acceptors (Lipinski definition) is 7. The Morgan fingerprint density at radius 2 is 1.89 bits per heavy atom. The lowest BCUT2D eigenvalue weighted by molar-refractivity contribution is -0.120. The number of methoxy groups -OCH3 is 1. The molecular weight excluding hydrogens is 479 g/mol. The van der Waals surface area contributed by atoms with Gasteiger partial charge < -0.3 is 24.4 Å². The highest BCUT2D eigenvalue weighted by molar-refractivity contribution is 5.91. The number of carbonyl (C=O) groups is 1. The number of hydrogen-bond donors (Lipinski definition) is 2. The summed E-state index contributed by atoms with van der Waals surface area (Å²) in [6.45, 7) is 2.14. The molecule has 0 saturated carbocycles. The standard InChI is InChI=1S/C27H35FN4O5/c1-29-26(33)5-4-12-30-27(34-3)32(2)23-8-6-21(7-9-23)19-36-24-15-22(28)16-25(17-24)37-31-18-20-10-13-35-14-11-20/h6-9,15-18,31H,4-5,10-14,19H2,1-3H3,(H,29,33). The minimum absolute atomic E-state index is 0.0119. The minimum Gasteiger partial charge on any atom is -0.489 e. The van der Waals surface area contributed by atoms with Crippen molar-refractivity contribution in [3.63, 3.8) is 0 Å². The molecule has 0 radical (unpaired) electrons. The number of carbonyl (C=O) groups excluding carboxylic acids is 1. The number of nitrogens with zero attached hydrogens (tertiary/aromatic N) is 2. The third kappa shape index (κ3) is 9.30. The first-order chi connectivity index (χ1) is 18.0. The molecule has 1 heterocycles. The molecule has 200 valence electrons. The summed E-state index contributed by atoms with van der Waals surface area (Å²) in [6, 6.07) is 12.4. The van der Waals surface area contributed by atoms with Gasteiger partial charge in [-0.3, -0.25) is 9.69 Å². The van der Waals surface area contributed by atoms with E-state index in [0.29, 0.717) is 50.1 Å². The molecule has 0 bridgehead atoms. The van der Waals surface area contributed by atoms with Crippen LogP contribution in [-0.2, 0) is 20.9 Å². The fourth-order valence-electron chi connectivity index (χ4n) is 3.58. The van der Waals surface area contributed by atoms with E-state index in [1.165, 1.54) is 17.7 Å². The zero-order valence-electron chi connectivity index (χ0n) is 21.6. The fourth-order valence-corrected chi connectivity index (χ4v) is 3.58. The van der Waals surface area contributed by atoms with Gasteiger partial charge in [0.2, 0.25) is 5.91 Å². The van der Waals surface area contributed by atoms with Gasteiger partial charge in [-0.2, -0.15) is 0 Å². The maximum atomic E-state index is 14.1. The summed E-state index contributed by atoms with van der Waals surface area (Å²) in [5, 5.41) is 2.59. The third-order valence-electron chi connectivity index (χ3n) is 5.71. The van der Waals surface area contributed by atoms with Crippen LogP contribution in [0, 0.1) is 5.82 Å². The van der Waals surface area contributed by atoms with Crippen molar-refractivity contribution in [1.29, 1.82) is 0 Å². The number of hydroxylamine groups is 1. The normalized spacial score (nSPS) is 13.5. The van der Waals surface area contributed by atoms with Crippen LogP contribution >= 0.6 is 0 Å². The second-order valence-corrected chi connectivity index (χ2v) is 8.42.